The number of imidazole rings is 1. The van der Waals surface area contributed by atoms with Crippen LogP contribution in [0, 0.1) is 0 Å². The van der Waals surface area contributed by atoms with Crippen molar-refractivity contribution in [2.45, 2.75) is 55.4 Å². The molecule has 0 amide bonds. The Morgan fingerprint density at radius 3 is 3.00 bits per heavy atom. The third-order valence-electron chi connectivity index (χ3n) is 5.85. The number of thioether (sulfide) groups is 1. The van der Waals surface area contributed by atoms with Crippen molar-refractivity contribution < 1.29 is 14.9 Å². The first kappa shape index (κ1) is 18.9. The van der Waals surface area contributed by atoms with Gasteiger partial charge >= 0.3 is 0 Å². The van der Waals surface area contributed by atoms with Crippen LogP contribution in [0.5, 0.6) is 0 Å². The average Bonchev–Trinajstić information content (AvgIpc) is 3.19. The zero-order valence-electron chi connectivity index (χ0n) is 15.7. The van der Waals surface area contributed by atoms with Gasteiger partial charge in [-0.05, 0) is 25.0 Å². The van der Waals surface area contributed by atoms with Gasteiger partial charge < -0.3 is 20.7 Å². The van der Waals surface area contributed by atoms with Gasteiger partial charge in [0.1, 0.15) is 24.1 Å². The lowest BCUT2D eigenvalue weighted by Gasteiger charge is -2.16. The zero-order valence-corrected chi connectivity index (χ0v) is 16.5. The number of anilines is 1. The van der Waals surface area contributed by atoms with E-state index in [2.05, 4.69) is 24.9 Å². The minimum atomic E-state index is -1.07. The molecule has 5 rings (SSSR count). The number of nitrogen functional groups attached to an aromatic ring is 1. The van der Waals surface area contributed by atoms with E-state index in [1.165, 1.54) is 12.7 Å². The van der Waals surface area contributed by atoms with Gasteiger partial charge in [0.25, 0.3) is 0 Å². The molecule has 154 valence electrons. The van der Waals surface area contributed by atoms with Crippen molar-refractivity contribution in [1.82, 2.24) is 19.5 Å². The van der Waals surface area contributed by atoms with Crippen LogP contribution in [0.15, 0.2) is 22.6 Å². The topological polar surface area (TPSA) is 144 Å². The highest BCUT2D eigenvalue weighted by Crippen LogP contribution is 2.47. The average molecular weight is 417 g/mol. The Hall–Kier alpha value is -2.08. The number of aliphatic imine (C=N–C) groups is 2. The molecule has 2 fully saturated rings. The molecule has 1 saturated carbocycles. The highest BCUT2D eigenvalue weighted by Gasteiger charge is 2.54. The van der Waals surface area contributed by atoms with Crippen LogP contribution in [-0.2, 0) is 4.74 Å². The predicted molar refractivity (Wildman–Crippen MR) is 110 cm³/mol. The third kappa shape index (κ3) is 3.31. The molecular weight excluding hydrogens is 394 g/mol. The second-order valence-electron chi connectivity index (χ2n) is 7.71. The van der Waals surface area contributed by atoms with Gasteiger partial charge in [-0.3, -0.25) is 14.6 Å². The minimum absolute atomic E-state index is 0.0478. The van der Waals surface area contributed by atoms with Crippen LogP contribution in [0.3, 0.4) is 0 Å². The van der Waals surface area contributed by atoms with E-state index in [9.17, 15) is 10.2 Å². The molecule has 6 atom stereocenters. The molecule has 0 bridgehead atoms. The molecule has 2 aromatic rings. The van der Waals surface area contributed by atoms with Gasteiger partial charge in [-0.1, -0.05) is 0 Å². The Labute approximate surface area is 171 Å². The Morgan fingerprint density at radius 2 is 2.14 bits per heavy atom. The van der Waals surface area contributed by atoms with E-state index in [1.807, 2.05) is 0 Å². The lowest BCUT2D eigenvalue weighted by molar-refractivity contribution is -0.0289. The summed E-state index contributed by atoms with van der Waals surface area (Å²) in [7, 11) is 0. The van der Waals surface area contributed by atoms with Gasteiger partial charge in [0.05, 0.1) is 24.0 Å². The first-order valence-corrected chi connectivity index (χ1v) is 10.8. The number of aliphatic hydroxyl groups is 2. The molecule has 0 radical (unpaired) electrons. The van der Waals surface area contributed by atoms with Gasteiger partial charge in [-0.15, -0.1) is 0 Å². The highest BCUT2D eigenvalue weighted by molar-refractivity contribution is 7.99. The molecule has 4 unspecified atom stereocenters. The van der Waals surface area contributed by atoms with Crippen molar-refractivity contribution in [2.75, 3.05) is 17.2 Å². The van der Waals surface area contributed by atoms with Gasteiger partial charge in [0.15, 0.2) is 17.7 Å². The summed E-state index contributed by atoms with van der Waals surface area (Å²) in [5, 5.41) is 21.0. The SMILES string of the molecule is Nc1ncnc2c1ncn2C1O[C@H](CSCCCC23CC2N=CC=N3)[C@@H](O)C1O. The largest absolute Gasteiger partial charge is 0.387 e. The summed E-state index contributed by atoms with van der Waals surface area (Å²) in [4.78, 5) is 21.3. The van der Waals surface area contributed by atoms with E-state index in [4.69, 9.17) is 10.5 Å². The van der Waals surface area contributed by atoms with E-state index in [0.29, 0.717) is 23.0 Å². The maximum absolute atomic E-state index is 10.5. The summed E-state index contributed by atoms with van der Waals surface area (Å²) in [6, 6.07) is 0.372. The molecule has 10 nitrogen and oxygen atoms in total. The number of hydrogen-bond acceptors (Lipinski definition) is 10. The fourth-order valence-electron chi connectivity index (χ4n) is 4.10. The van der Waals surface area contributed by atoms with Crippen LogP contribution < -0.4 is 5.73 Å². The van der Waals surface area contributed by atoms with Crippen LogP contribution in [0.2, 0.25) is 0 Å². The number of rotatable bonds is 7. The maximum atomic E-state index is 10.5. The number of hydrogen-bond donors (Lipinski definition) is 3. The number of aromatic nitrogens is 4. The van der Waals surface area contributed by atoms with Crippen LogP contribution in [0.1, 0.15) is 25.5 Å². The molecule has 1 saturated heterocycles. The van der Waals surface area contributed by atoms with Gasteiger partial charge in [-0.2, -0.15) is 11.8 Å². The second kappa shape index (κ2) is 7.31. The molecule has 11 heteroatoms. The molecule has 0 aromatic carbocycles. The van der Waals surface area contributed by atoms with E-state index in [0.717, 1.165) is 25.0 Å². The summed E-state index contributed by atoms with van der Waals surface area (Å²) in [6.07, 6.45) is 6.26. The lowest BCUT2D eigenvalue weighted by atomic mass is 10.1. The van der Waals surface area contributed by atoms with Crippen molar-refractivity contribution in [3.63, 3.8) is 0 Å². The van der Waals surface area contributed by atoms with Crippen LogP contribution >= 0.6 is 11.8 Å². The first-order valence-electron chi connectivity index (χ1n) is 9.68. The number of fused-ring (bicyclic) bond motifs is 2. The van der Waals surface area contributed by atoms with E-state index >= 15 is 0 Å². The Morgan fingerprint density at radius 1 is 1.24 bits per heavy atom. The quantitative estimate of drug-likeness (QED) is 0.542. The minimum Gasteiger partial charge on any atom is -0.387 e. The van der Waals surface area contributed by atoms with Crippen LogP contribution in [0.25, 0.3) is 11.2 Å². The Kier molecular flexibility index (Phi) is 4.77. The fraction of sp³-hybridized carbons (Fsp3) is 0.611. The molecular formula is C18H23N7O3S. The van der Waals surface area contributed by atoms with E-state index in [1.54, 1.807) is 28.8 Å². The molecule has 0 spiro atoms. The molecule has 4 heterocycles. The third-order valence-corrected chi connectivity index (χ3v) is 6.99. The van der Waals surface area contributed by atoms with Crippen molar-refractivity contribution in [2.24, 2.45) is 9.98 Å². The number of aliphatic hydroxyl groups excluding tert-OH is 2. The standard InChI is InChI=1S/C18H23N7O3S/c19-15-12-16(22-8-21-15)25(9-23-12)17-14(27)13(26)10(28-17)7-29-5-1-2-18-6-11(18)20-3-4-24-18/h3-4,8-11,13-14,17,26-27H,1-2,5-7H2,(H2,19,21,22)/t10-,11?,13-,14?,17?,18?/m1/s1. The Bertz CT molecular complexity index is 966. The van der Waals surface area contributed by atoms with Gasteiger partial charge in [0, 0.05) is 18.2 Å². The summed E-state index contributed by atoms with van der Waals surface area (Å²) >= 11 is 1.71. The normalized spacial score (nSPS) is 35.3. The molecule has 4 N–H and O–H groups in total. The highest BCUT2D eigenvalue weighted by atomic mass is 32.2. The van der Waals surface area contributed by atoms with Gasteiger partial charge in [-0.25, -0.2) is 15.0 Å². The summed E-state index contributed by atoms with van der Waals surface area (Å²) in [5.41, 5.74) is 6.78. The molecule has 3 aliphatic rings. The molecule has 29 heavy (non-hydrogen) atoms. The predicted octanol–water partition coefficient (Wildman–Crippen LogP) is 0.207. The smallest absolute Gasteiger partial charge is 0.167 e. The van der Waals surface area contributed by atoms with Crippen molar-refractivity contribution in [3.05, 3.63) is 12.7 Å². The fourth-order valence-corrected chi connectivity index (χ4v) is 5.12. The van der Waals surface area contributed by atoms with Crippen molar-refractivity contribution >= 4 is 41.2 Å². The van der Waals surface area contributed by atoms with Crippen LogP contribution in [0.4, 0.5) is 5.82 Å². The number of nitrogens with two attached hydrogens (primary N) is 1. The van der Waals surface area contributed by atoms with Crippen LogP contribution in [-0.4, -0.2) is 83.6 Å². The monoisotopic (exact) mass is 417 g/mol. The van der Waals surface area contributed by atoms with Crippen molar-refractivity contribution in [3.8, 4) is 0 Å². The molecule has 1 aliphatic carbocycles. The summed E-state index contributed by atoms with van der Waals surface area (Å²) in [6.45, 7) is 0. The molecule has 2 aliphatic heterocycles. The summed E-state index contributed by atoms with van der Waals surface area (Å²) in [5.74, 6) is 1.80. The van der Waals surface area contributed by atoms with Gasteiger partial charge in [0.2, 0.25) is 0 Å². The summed E-state index contributed by atoms with van der Waals surface area (Å²) < 4.78 is 7.56. The second-order valence-corrected chi connectivity index (χ2v) is 8.86. The maximum Gasteiger partial charge on any atom is 0.167 e. The zero-order chi connectivity index (χ0) is 20.0. The van der Waals surface area contributed by atoms with Crippen molar-refractivity contribution in [1.29, 1.82) is 0 Å². The van der Waals surface area contributed by atoms with E-state index < -0.39 is 24.5 Å². The number of ether oxygens (including phenoxy) is 1. The van der Waals surface area contributed by atoms with E-state index in [-0.39, 0.29) is 11.4 Å². The lowest BCUT2D eigenvalue weighted by Crippen LogP contribution is -2.32. The Balaban J connectivity index is 1.15. The number of nitrogens with zero attached hydrogens (tertiary/aromatic N) is 6. The molecule has 2 aromatic heterocycles. The first-order chi connectivity index (χ1) is 14.1.